The summed E-state index contributed by atoms with van der Waals surface area (Å²) >= 11 is 5.16. The zero-order chi connectivity index (χ0) is 19.5. The lowest BCUT2D eigenvalue weighted by molar-refractivity contribution is 0.632. The van der Waals surface area contributed by atoms with Gasteiger partial charge in [-0.25, -0.2) is 4.39 Å². The number of thiocarbonyl (C=S) groups is 1. The maximum atomic E-state index is 13.7. The lowest BCUT2D eigenvalue weighted by Crippen LogP contribution is -2.24. The van der Waals surface area contributed by atoms with Crippen molar-refractivity contribution in [2.45, 2.75) is 13.5 Å². The fourth-order valence-electron chi connectivity index (χ4n) is 3.37. The van der Waals surface area contributed by atoms with Crippen LogP contribution in [0.4, 0.5) is 10.1 Å². The van der Waals surface area contributed by atoms with E-state index in [2.05, 4.69) is 63.7 Å². The van der Waals surface area contributed by atoms with Gasteiger partial charge in [0.05, 0.1) is 11.9 Å². The Kier molecular flexibility index (Phi) is 5.04. The summed E-state index contributed by atoms with van der Waals surface area (Å²) in [4.78, 5) is 0. The quantitative estimate of drug-likeness (QED) is 0.283. The minimum absolute atomic E-state index is 0.227. The van der Waals surface area contributed by atoms with Gasteiger partial charge in [-0.1, -0.05) is 36.4 Å². The fourth-order valence-corrected chi connectivity index (χ4v) is 3.53. The van der Waals surface area contributed by atoms with Crippen molar-refractivity contribution in [3.8, 4) is 0 Å². The zero-order valence-corrected chi connectivity index (χ0v) is 16.1. The molecule has 0 saturated heterocycles. The number of hydrogen-bond donors (Lipinski definition) is 2. The second-order valence-corrected chi connectivity index (χ2v) is 6.75. The van der Waals surface area contributed by atoms with Crippen LogP contribution in [-0.2, 0) is 6.54 Å². The number of rotatable bonds is 4. The first-order valence-electron chi connectivity index (χ1n) is 9.03. The number of fused-ring (bicyclic) bond motifs is 3. The van der Waals surface area contributed by atoms with E-state index in [-0.39, 0.29) is 10.9 Å². The Morgan fingerprint density at radius 3 is 2.61 bits per heavy atom. The molecule has 2 N–H and O–H groups in total. The van der Waals surface area contributed by atoms with E-state index in [0.29, 0.717) is 5.69 Å². The Balaban J connectivity index is 1.54. The van der Waals surface area contributed by atoms with Crippen LogP contribution in [0.25, 0.3) is 21.8 Å². The standard InChI is InChI=1S/C22H19FN4S/c1-2-27-20-10-6-3-7-16(20)17-13-15(11-12-21(17)27)14-24-26-22(28)25-19-9-5-4-8-18(19)23/h3-14H,2H2,1H3,(H2,25,26,28)/b24-14-. The second kappa shape index (κ2) is 7.78. The van der Waals surface area contributed by atoms with Crippen molar-refractivity contribution in [2.75, 3.05) is 5.32 Å². The number of benzene rings is 3. The number of nitrogens with zero attached hydrogens (tertiary/aromatic N) is 2. The van der Waals surface area contributed by atoms with Crippen molar-refractivity contribution in [3.05, 3.63) is 78.1 Å². The number of halogens is 1. The predicted molar refractivity (Wildman–Crippen MR) is 118 cm³/mol. The minimum atomic E-state index is -0.367. The molecule has 28 heavy (non-hydrogen) atoms. The summed E-state index contributed by atoms with van der Waals surface area (Å²) in [5.41, 5.74) is 6.41. The van der Waals surface area contributed by atoms with Gasteiger partial charge in [0.1, 0.15) is 5.82 Å². The van der Waals surface area contributed by atoms with Crippen molar-refractivity contribution in [2.24, 2.45) is 5.10 Å². The van der Waals surface area contributed by atoms with Gasteiger partial charge in [0.2, 0.25) is 0 Å². The summed E-state index contributed by atoms with van der Waals surface area (Å²) in [6.07, 6.45) is 1.70. The first-order chi connectivity index (χ1) is 13.7. The smallest absolute Gasteiger partial charge is 0.191 e. The molecule has 0 amide bonds. The third kappa shape index (κ3) is 3.46. The van der Waals surface area contributed by atoms with Gasteiger partial charge in [0, 0.05) is 28.4 Å². The summed E-state index contributed by atoms with van der Waals surface area (Å²) in [5.74, 6) is -0.367. The second-order valence-electron chi connectivity index (χ2n) is 6.34. The molecule has 0 aliphatic carbocycles. The molecular weight excluding hydrogens is 371 g/mol. The number of aromatic nitrogens is 1. The molecule has 0 spiro atoms. The molecule has 1 aromatic heterocycles. The van der Waals surface area contributed by atoms with E-state index in [4.69, 9.17) is 12.2 Å². The van der Waals surface area contributed by atoms with E-state index in [9.17, 15) is 4.39 Å². The van der Waals surface area contributed by atoms with Crippen LogP contribution in [-0.4, -0.2) is 15.9 Å². The molecular formula is C22H19FN4S. The third-order valence-electron chi connectivity index (χ3n) is 4.61. The van der Waals surface area contributed by atoms with E-state index in [1.54, 1.807) is 24.4 Å². The van der Waals surface area contributed by atoms with Crippen LogP contribution in [0.2, 0.25) is 0 Å². The Labute approximate surface area is 167 Å². The molecule has 0 unspecified atom stereocenters. The largest absolute Gasteiger partial charge is 0.341 e. The van der Waals surface area contributed by atoms with Crippen molar-refractivity contribution in [1.82, 2.24) is 9.99 Å². The molecule has 3 aromatic carbocycles. The van der Waals surface area contributed by atoms with Crippen LogP contribution in [0.15, 0.2) is 71.8 Å². The Bertz CT molecular complexity index is 1200. The predicted octanol–water partition coefficient (Wildman–Crippen LogP) is 5.27. The maximum absolute atomic E-state index is 13.7. The summed E-state index contributed by atoms with van der Waals surface area (Å²) in [6.45, 7) is 3.06. The van der Waals surface area contributed by atoms with Gasteiger partial charge in [-0.15, -0.1) is 0 Å². The topological polar surface area (TPSA) is 41.4 Å². The number of hydrogen-bond acceptors (Lipinski definition) is 2. The summed E-state index contributed by atoms with van der Waals surface area (Å²) in [5, 5.41) is 9.60. The number of hydrazone groups is 1. The molecule has 1 heterocycles. The normalized spacial score (nSPS) is 11.4. The molecule has 0 radical (unpaired) electrons. The number of aryl methyl sites for hydroxylation is 1. The van der Waals surface area contributed by atoms with Gasteiger partial charge in [0.15, 0.2) is 5.11 Å². The van der Waals surface area contributed by atoms with Gasteiger partial charge < -0.3 is 9.88 Å². The van der Waals surface area contributed by atoms with E-state index < -0.39 is 0 Å². The molecule has 4 aromatic rings. The van der Waals surface area contributed by atoms with Crippen molar-refractivity contribution < 1.29 is 4.39 Å². The van der Waals surface area contributed by atoms with Gasteiger partial charge in [-0.3, -0.25) is 5.43 Å². The van der Waals surface area contributed by atoms with E-state index >= 15 is 0 Å². The van der Waals surface area contributed by atoms with Gasteiger partial charge in [0.25, 0.3) is 0 Å². The SMILES string of the molecule is CCn1c2ccccc2c2cc(/C=N\NC(=S)Nc3ccccc3F)ccc21. The molecule has 0 aliphatic heterocycles. The lowest BCUT2D eigenvalue weighted by Gasteiger charge is -2.07. The van der Waals surface area contributed by atoms with E-state index in [1.807, 2.05) is 6.07 Å². The lowest BCUT2D eigenvalue weighted by atomic mass is 10.1. The molecule has 140 valence electrons. The fraction of sp³-hybridized carbons (Fsp3) is 0.0909. The Hall–Kier alpha value is -3.25. The maximum Gasteiger partial charge on any atom is 0.191 e. The molecule has 0 bridgehead atoms. The highest BCUT2D eigenvalue weighted by molar-refractivity contribution is 7.80. The van der Waals surface area contributed by atoms with Gasteiger partial charge in [-0.05, 0) is 55.0 Å². The van der Waals surface area contributed by atoms with Gasteiger partial charge >= 0.3 is 0 Å². The van der Waals surface area contributed by atoms with Crippen LogP contribution in [0, 0.1) is 5.82 Å². The first kappa shape index (κ1) is 18.1. The molecule has 0 saturated carbocycles. The number of para-hydroxylation sites is 2. The highest BCUT2D eigenvalue weighted by Crippen LogP contribution is 2.29. The molecule has 4 rings (SSSR count). The van der Waals surface area contributed by atoms with Crippen LogP contribution >= 0.6 is 12.2 Å². The van der Waals surface area contributed by atoms with Crippen LogP contribution in [0.3, 0.4) is 0 Å². The monoisotopic (exact) mass is 390 g/mol. The molecule has 4 nitrogen and oxygen atoms in total. The Morgan fingerprint density at radius 2 is 1.79 bits per heavy atom. The minimum Gasteiger partial charge on any atom is -0.341 e. The Morgan fingerprint density at radius 1 is 1.04 bits per heavy atom. The summed E-state index contributed by atoms with van der Waals surface area (Å²) in [6, 6.07) is 21.0. The highest BCUT2D eigenvalue weighted by Gasteiger charge is 2.09. The molecule has 0 atom stereocenters. The highest BCUT2D eigenvalue weighted by atomic mass is 32.1. The molecule has 0 aliphatic rings. The average Bonchev–Trinajstić information content (AvgIpc) is 3.03. The van der Waals surface area contributed by atoms with Crippen LogP contribution in [0.5, 0.6) is 0 Å². The summed E-state index contributed by atoms with van der Waals surface area (Å²) in [7, 11) is 0. The zero-order valence-electron chi connectivity index (χ0n) is 15.3. The summed E-state index contributed by atoms with van der Waals surface area (Å²) < 4.78 is 16.0. The molecule has 0 fully saturated rings. The van der Waals surface area contributed by atoms with Crippen LogP contribution < -0.4 is 10.7 Å². The first-order valence-corrected chi connectivity index (χ1v) is 9.44. The van der Waals surface area contributed by atoms with Crippen molar-refractivity contribution >= 4 is 51.0 Å². The van der Waals surface area contributed by atoms with E-state index in [0.717, 1.165) is 12.1 Å². The average molecular weight is 390 g/mol. The van der Waals surface area contributed by atoms with Crippen LogP contribution in [0.1, 0.15) is 12.5 Å². The molecule has 6 heteroatoms. The third-order valence-corrected chi connectivity index (χ3v) is 4.81. The number of nitrogens with one attached hydrogen (secondary N) is 2. The van der Waals surface area contributed by atoms with E-state index in [1.165, 1.54) is 27.9 Å². The van der Waals surface area contributed by atoms with Gasteiger partial charge in [-0.2, -0.15) is 5.10 Å². The van der Waals surface area contributed by atoms with Crippen molar-refractivity contribution in [3.63, 3.8) is 0 Å². The number of anilines is 1. The van der Waals surface area contributed by atoms with Crippen molar-refractivity contribution in [1.29, 1.82) is 0 Å².